The Morgan fingerprint density at radius 2 is 1.70 bits per heavy atom. The Labute approximate surface area is 200 Å². The van der Waals surface area contributed by atoms with Crippen molar-refractivity contribution in [2.75, 3.05) is 26.9 Å². The van der Waals surface area contributed by atoms with Crippen molar-refractivity contribution in [3.8, 4) is 0 Å². The van der Waals surface area contributed by atoms with Crippen molar-refractivity contribution in [1.29, 1.82) is 0 Å². The average Bonchev–Trinajstić information content (AvgIpc) is 2.74. The van der Waals surface area contributed by atoms with Gasteiger partial charge in [-0.2, -0.15) is 0 Å². The molecule has 1 saturated heterocycles. The van der Waals surface area contributed by atoms with Gasteiger partial charge in [-0.3, -0.25) is 19.2 Å². The van der Waals surface area contributed by atoms with Crippen LogP contribution < -0.4 is 15.4 Å². The van der Waals surface area contributed by atoms with Gasteiger partial charge in [-0.15, -0.1) is 0 Å². The lowest BCUT2D eigenvalue weighted by Gasteiger charge is -2.45. The fourth-order valence-corrected chi connectivity index (χ4v) is 3.72. The van der Waals surface area contributed by atoms with E-state index < -0.39 is 24.4 Å². The summed E-state index contributed by atoms with van der Waals surface area (Å²) >= 11 is 3.68. The largest absolute Gasteiger partial charge is 0.458 e. The molecule has 12 heteroatoms. The predicted octanol–water partition coefficient (Wildman–Crippen LogP) is 0.330. The highest BCUT2D eigenvalue weighted by molar-refractivity contribution is 7.78. The lowest BCUT2D eigenvalue weighted by Crippen LogP contribution is -2.59. The zero-order valence-electron chi connectivity index (χ0n) is 19.9. The van der Waals surface area contributed by atoms with Crippen LogP contribution in [0.1, 0.15) is 47.0 Å². The fourth-order valence-electron chi connectivity index (χ4n) is 3.61. The summed E-state index contributed by atoms with van der Waals surface area (Å²) in [6.45, 7) is 7.09. The SMILES string of the molecule is COCC(COC1OC(CNC(=O)CCCC(=O)NS)C(C)C(C)C1NC(C)=O)OC(C)=O. The molecule has 0 aromatic heterocycles. The predicted molar refractivity (Wildman–Crippen MR) is 122 cm³/mol. The summed E-state index contributed by atoms with van der Waals surface area (Å²) in [5.74, 6) is -1.14. The van der Waals surface area contributed by atoms with E-state index in [-0.39, 0.29) is 68.3 Å². The second-order valence-corrected chi connectivity index (χ2v) is 8.42. The van der Waals surface area contributed by atoms with Crippen LogP contribution in [0, 0.1) is 11.8 Å². The van der Waals surface area contributed by atoms with Crippen LogP contribution in [-0.2, 0) is 38.1 Å². The molecule has 1 rings (SSSR count). The van der Waals surface area contributed by atoms with Crippen molar-refractivity contribution in [3.63, 3.8) is 0 Å². The Morgan fingerprint density at radius 3 is 2.27 bits per heavy atom. The molecule has 3 N–H and O–H groups in total. The van der Waals surface area contributed by atoms with E-state index in [1.165, 1.54) is 21.0 Å². The second-order valence-electron chi connectivity index (χ2n) is 8.20. The molecule has 0 aromatic rings. The molecule has 0 aromatic carbocycles. The van der Waals surface area contributed by atoms with Gasteiger partial charge in [0.15, 0.2) is 6.29 Å². The zero-order chi connectivity index (χ0) is 25.0. The maximum absolute atomic E-state index is 12.2. The third-order valence-corrected chi connectivity index (χ3v) is 5.77. The van der Waals surface area contributed by atoms with Gasteiger partial charge in [0.1, 0.15) is 6.10 Å². The number of carbonyl (C=O) groups is 4. The third kappa shape index (κ3) is 10.7. The number of hydrogen-bond acceptors (Lipinski definition) is 9. The summed E-state index contributed by atoms with van der Waals surface area (Å²) in [7, 11) is 1.49. The summed E-state index contributed by atoms with van der Waals surface area (Å²) in [6.07, 6.45) is -0.985. The molecule has 1 aliphatic rings. The van der Waals surface area contributed by atoms with Crippen LogP contribution in [0.25, 0.3) is 0 Å². The summed E-state index contributed by atoms with van der Waals surface area (Å²) in [4.78, 5) is 46.5. The number of esters is 1. The highest BCUT2D eigenvalue weighted by Crippen LogP contribution is 2.31. The third-order valence-electron chi connectivity index (χ3n) is 5.52. The van der Waals surface area contributed by atoms with Crippen LogP contribution in [0.3, 0.4) is 0 Å². The van der Waals surface area contributed by atoms with Gasteiger partial charge in [-0.05, 0) is 18.3 Å². The minimum Gasteiger partial charge on any atom is -0.458 e. The maximum atomic E-state index is 12.2. The van der Waals surface area contributed by atoms with E-state index in [4.69, 9.17) is 18.9 Å². The van der Waals surface area contributed by atoms with E-state index in [2.05, 4.69) is 28.2 Å². The fraction of sp³-hybridized carbons (Fsp3) is 0.810. The van der Waals surface area contributed by atoms with Crippen LogP contribution in [0.5, 0.6) is 0 Å². The Bertz CT molecular complexity index is 665. The molecule has 0 saturated carbocycles. The van der Waals surface area contributed by atoms with Crippen molar-refractivity contribution < 1.29 is 38.1 Å². The molecule has 0 radical (unpaired) electrons. The van der Waals surface area contributed by atoms with E-state index in [1.54, 1.807) is 0 Å². The smallest absolute Gasteiger partial charge is 0.303 e. The number of rotatable bonds is 13. The highest BCUT2D eigenvalue weighted by atomic mass is 32.1. The van der Waals surface area contributed by atoms with Crippen LogP contribution >= 0.6 is 12.8 Å². The zero-order valence-corrected chi connectivity index (χ0v) is 20.8. The van der Waals surface area contributed by atoms with Crippen LogP contribution in [-0.4, -0.2) is 75.1 Å². The molecular weight excluding hydrogens is 454 g/mol. The van der Waals surface area contributed by atoms with E-state index >= 15 is 0 Å². The Hall–Kier alpha value is -1.89. The lowest BCUT2D eigenvalue weighted by atomic mass is 9.82. The lowest BCUT2D eigenvalue weighted by molar-refractivity contribution is -0.243. The Morgan fingerprint density at radius 1 is 1.03 bits per heavy atom. The van der Waals surface area contributed by atoms with E-state index in [1.807, 2.05) is 13.8 Å². The number of thiol groups is 1. The van der Waals surface area contributed by atoms with Gasteiger partial charge < -0.3 is 34.3 Å². The molecule has 190 valence electrons. The van der Waals surface area contributed by atoms with Crippen molar-refractivity contribution >= 4 is 36.5 Å². The first kappa shape index (κ1) is 29.1. The monoisotopic (exact) mass is 491 g/mol. The Balaban J connectivity index is 2.75. The number of nitrogens with one attached hydrogen (secondary N) is 3. The van der Waals surface area contributed by atoms with E-state index in [9.17, 15) is 19.2 Å². The van der Waals surface area contributed by atoms with Gasteiger partial charge in [0.25, 0.3) is 0 Å². The van der Waals surface area contributed by atoms with Crippen molar-refractivity contribution in [3.05, 3.63) is 0 Å². The molecule has 6 atom stereocenters. The summed E-state index contributed by atoms with van der Waals surface area (Å²) in [5.41, 5.74) is 0. The summed E-state index contributed by atoms with van der Waals surface area (Å²) in [5, 5.41) is 5.71. The number of hydrogen-bond donors (Lipinski definition) is 4. The van der Waals surface area contributed by atoms with Gasteiger partial charge in [0.2, 0.25) is 17.7 Å². The van der Waals surface area contributed by atoms with Crippen LogP contribution in [0.2, 0.25) is 0 Å². The number of carbonyl (C=O) groups excluding carboxylic acids is 4. The first-order chi connectivity index (χ1) is 15.6. The molecule has 11 nitrogen and oxygen atoms in total. The highest BCUT2D eigenvalue weighted by Gasteiger charge is 2.42. The topological polar surface area (TPSA) is 141 Å². The quantitative estimate of drug-likeness (QED) is 0.213. The molecule has 0 bridgehead atoms. The van der Waals surface area contributed by atoms with Crippen LogP contribution in [0.15, 0.2) is 0 Å². The molecule has 1 fully saturated rings. The molecular formula is C21H37N3O8S. The molecule has 0 aliphatic carbocycles. The van der Waals surface area contributed by atoms with Gasteiger partial charge >= 0.3 is 5.97 Å². The molecule has 33 heavy (non-hydrogen) atoms. The first-order valence-corrected chi connectivity index (χ1v) is 11.4. The number of amides is 3. The van der Waals surface area contributed by atoms with Gasteiger partial charge in [-0.25, -0.2) is 0 Å². The molecule has 3 amide bonds. The first-order valence-electron chi connectivity index (χ1n) is 11.0. The minimum atomic E-state index is -0.809. The standard InChI is InChI=1S/C21H37N3O8S/c1-12-13(2)20(23-14(3)25)21(30-11-16(10-29-5)31-15(4)26)32-17(12)9-22-18(27)7-6-8-19(28)24-33/h12-13,16-17,20-21,33H,6-11H2,1-5H3,(H,22,27)(H,23,25)(H,24,28). The molecule has 1 aliphatic heterocycles. The molecule has 0 spiro atoms. The van der Waals surface area contributed by atoms with Crippen molar-refractivity contribution in [2.45, 2.75) is 71.5 Å². The molecule has 1 heterocycles. The maximum Gasteiger partial charge on any atom is 0.303 e. The van der Waals surface area contributed by atoms with E-state index in [0.717, 1.165) is 0 Å². The normalized spacial score (nSPS) is 25.6. The van der Waals surface area contributed by atoms with Crippen molar-refractivity contribution in [1.82, 2.24) is 15.4 Å². The summed E-state index contributed by atoms with van der Waals surface area (Å²) < 4.78 is 24.5. The number of ether oxygens (including phenoxy) is 4. The van der Waals surface area contributed by atoms with Gasteiger partial charge in [-0.1, -0.05) is 26.7 Å². The number of methoxy groups -OCH3 is 1. The van der Waals surface area contributed by atoms with Crippen LogP contribution in [0.4, 0.5) is 0 Å². The van der Waals surface area contributed by atoms with Gasteiger partial charge in [0.05, 0.1) is 25.4 Å². The summed E-state index contributed by atoms with van der Waals surface area (Å²) in [6, 6.07) is -0.426. The molecule has 6 unspecified atom stereocenters. The van der Waals surface area contributed by atoms with Crippen molar-refractivity contribution in [2.24, 2.45) is 11.8 Å². The average molecular weight is 492 g/mol. The van der Waals surface area contributed by atoms with E-state index in [0.29, 0.717) is 6.42 Å². The van der Waals surface area contributed by atoms with Gasteiger partial charge in [0, 0.05) is 40.3 Å². The second kappa shape index (κ2) is 15.1. The Kier molecular flexibility index (Phi) is 13.3. The minimum absolute atomic E-state index is 0.000187.